The van der Waals surface area contributed by atoms with Crippen LogP contribution in [0.1, 0.15) is 110 Å². The van der Waals surface area contributed by atoms with Gasteiger partial charge in [-0.15, -0.1) is 0 Å². The summed E-state index contributed by atoms with van der Waals surface area (Å²) >= 11 is 0. The normalized spacial score (nSPS) is 12.0. The van der Waals surface area contributed by atoms with Crippen LogP contribution < -0.4 is 11.5 Å². The molecular weight excluding hydrogens is 336 g/mol. The second-order valence-electron chi connectivity index (χ2n) is 8.42. The number of aliphatic hydroxyl groups is 1. The van der Waals surface area contributed by atoms with Gasteiger partial charge in [0.05, 0.1) is 13.2 Å². The summed E-state index contributed by atoms with van der Waals surface area (Å²) in [6.45, 7) is 4.25. The highest BCUT2D eigenvalue weighted by molar-refractivity contribution is 4.80. The van der Waals surface area contributed by atoms with E-state index in [4.69, 9.17) is 16.2 Å². The molecular formula is C23H50N2O2. The predicted octanol–water partition coefficient (Wildman–Crippen LogP) is 5.16. The highest BCUT2D eigenvalue weighted by atomic mass is 16.5. The van der Waals surface area contributed by atoms with Crippen molar-refractivity contribution in [3.63, 3.8) is 0 Å². The number of ether oxygens (including phenoxy) is 1. The third-order valence-electron chi connectivity index (χ3n) is 5.75. The Bertz CT molecular complexity index is 275. The van der Waals surface area contributed by atoms with E-state index in [1.165, 1.54) is 96.3 Å². The van der Waals surface area contributed by atoms with Gasteiger partial charge in [0.2, 0.25) is 0 Å². The second kappa shape index (κ2) is 20.6. The van der Waals surface area contributed by atoms with Crippen LogP contribution in [0.15, 0.2) is 0 Å². The Balaban J connectivity index is 3.19. The molecule has 0 aromatic rings. The van der Waals surface area contributed by atoms with Crippen molar-refractivity contribution in [1.29, 1.82) is 0 Å². The fourth-order valence-corrected chi connectivity index (χ4v) is 3.42. The summed E-state index contributed by atoms with van der Waals surface area (Å²) in [7, 11) is 0. The largest absolute Gasteiger partial charge is 0.396 e. The third-order valence-corrected chi connectivity index (χ3v) is 5.75. The van der Waals surface area contributed by atoms with E-state index >= 15 is 0 Å². The van der Waals surface area contributed by atoms with Gasteiger partial charge in [-0.2, -0.15) is 0 Å². The molecule has 0 aliphatic heterocycles. The number of rotatable bonds is 22. The molecule has 0 bridgehead atoms. The van der Waals surface area contributed by atoms with Crippen LogP contribution in [0.3, 0.4) is 0 Å². The maximum absolute atomic E-state index is 9.38. The van der Waals surface area contributed by atoms with Gasteiger partial charge in [-0.3, -0.25) is 0 Å². The van der Waals surface area contributed by atoms with Crippen molar-refractivity contribution in [2.24, 2.45) is 16.9 Å². The average Bonchev–Trinajstić information content (AvgIpc) is 2.70. The standard InChI is InChI=1S/C23H50N2O2/c1-2-3-4-5-6-7-8-9-10-11-12-13-14-15-16-17-18-27-22-23(19-24,20-25)21-26/h26H,2-22,24-25H2,1H3. The summed E-state index contributed by atoms with van der Waals surface area (Å²) in [5, 5.41) is 9.38. The van der Waals surface area contributed by atoms with Gasteiger partial charge in [0.15, 0.2) is 0 Å². The fourth-order valence-electron chi connectivity index (χ4n) is 3.42. The van der Waals surface area contributed by atoms with Gasteiger partial charge >= 0.3 is 0 Å². The molecule has 164 valence electrons. The van der Waals surface area contributed by atoms with Gasteiger partial charge in [-0.05, 0) is 6.42 Å². The summed E-state index contributed by atoms with van der Waals surface area (Å²) < 4.78 is 5.67. The van der Waals surface area contributed by atoms with Crippen LogP contribution in [0.2, 0.25) is 0 Å². The van der Waals surface area contributed by atoms with Crippen molar-refractivity contribution < 1.29 is 9.84 Å². The maximum atomic E-state index is 9.38. The van der Waals surface area contributed by atoms with Crippen LogP contribution in [0.4, 0.5) is 0 Å². The second-order valence-corrected chi connectivity index (χ2v) is 8.42. The molecule has 0 heterocycles. The van der Waals surface area contributed by atoms with E-state index in [2.05, 4.69) is 6.92 Å². The Labute approximate surface area is 169 Å². The first-order valence-electron chi connectivity index (χ1n) is 11.8. The lowest BCUT2D eigenvalue weighted by Gasteiger charge is -2.28. The Hall–Kier alpha value is -0.160. The Kier molecular flexibility index (Phi) is 20.4. The van der Waals surface area contributed by atoms with Crippen LogP contribution >= 0.6 is 0 Å². The molecule has 0 rings (SSSR count). The van der Waals surface area contributed by atoms with Gasteiger partial charge < -0.3 is 21.3 Å². The highest BCUT2D eigenvalue weighted by Crippen LogP contribution is 2.15. The smallest absolute Gasteiger partial charge is 0.0568 e. The van der Waals surface area contributed by atoms with Crippen molar-refractivity contribution in [3.05, 3.63) is 0 Å². The summed E-state index contributed by atoms with van der Waals surface area (Å²) in [5.41, 5.74) is 10.9. The van der Waals surface area contributed by atoms with Crippen molar-refractivity contribution in [3.8, 4) is 0 Å². The first-order valence-corrected chi connectivity index (χ1v) is 11.8. The number of unbranched alkanes of at least 4 members (excludes halogenated alkanes) is 15. The van der Waals surface area contributed by atoms with Crippen molar-refractivity contribution in [2.45, 2.75) is 110 Å². The zero-order chi connectivity index (χ0) is 20.1. The quantitative estimate of drug-likeness (QED) is 0.224. The highest BCUT2D eigenvalue weighted by Gasteiger charge is 2.26. The SMILES string of the molecule is CCCCCCCCCCCCCCCCCCOCC(CN)(CN)CO. The lowest BCUT2D eigenvalue weighted by Crippen LogP contribution is -2.45. The molecule has 0 aromatic heterocycles. The van der Waals surface area contributed by atoms with Crippen molar-refractivity contribution in [2.75, 3.05) is 32.9 Å². The zero-order valence-electron chi connectivity index (χ0n) is 18.4. The molecule has 0 fully saturated rings. The average molecular weight is 387 g/mol. The van der Waals surface area contributed by atoms with Gasteiger partial charge in [0.1, 0.15) is 0 Å². The van der Waals surface area contributed by atoms with E-state index in [0.29, 0.717) is 19.7 Å². The lowest BCUT2D eigenvalue weighted by atomic mass is 9.90. The van der Waals surface area contributed by atoms with E-state index in [0.717, 1.165) is 13.0 Å². The summed E-state index contributed by atoms with van der Waals surface area (Å²) in [6.07, 6.45) is 22.0. The molecule has 0 radical (unpaired) electrons. The molecule has 0 atom stereocenters. The molecule has 0 aromatic carbocycles. The topological polar surface area (TPSA) is 81.5 Å². The first-order chi connectivity index (χ1) is 13.2. The number of aliphatic hydroxyl groups excluding tert-OH is 1. The zero-order valence-corrected chi connectivity index (χ0v) is 18.4. The number of hydrogen-bond donors (Lipinski definition) is 3. The van der Waals surface area contributed by atoms with Gasteiger partial charge in [-0.1, -0.05) is 103 Å². The van der Waals surface area contributed by atoms with Crippen molar-refractivity contribution in [1.82, 2.24) is 0 Å². The molecule has 0 aliphatic rings. The molecule has 5 N–H and O–H groups in total. The Morgan fingerprint density at radius 1 is 0.630 bits per heavy atom. The van der Waals surface area contributed by atoms with Gasteiger partial charge in [0.25, 0.3) is 0 Å². The van der Waals surface area contributed by atoms with Crippen LogP contribution in [0, 0.1) is 5.41 Å². The fraction of sp³-hybridized carbons (Fsp3) is 1.00. The third kappa shape index (κ3) is 16.5. The predicted molar refractivity (Wildman–Crippen MR) is 118 cm³/mol. The van der Waals surface area contributed by atoms with Crippen LogP contribution in [-0.2, 0) is 4.74 Å². The minimum Gasteiger partial charge on any atom is -0.396 e. The van der Waals surface area contributed by atoms with Crippen molar-refractivity contribution >= 4 is 0 Å². The first kappa shape index (κ1) is 26.8. The van der Waals surface area contributed by atoms with Crippen LogP contribution in [0.5, 0.6) is 0 Å². The molecule has 4 heteroatoms. The van der Waals surface area contributed by atoms with E-state index in [1.54, 1.807) is 0 Å². The summed E-state index contributed by atoms with van der Waals surface area (Å²) in [6, 6.07) is 0. The monoisotopic (exact) mass is 386 g/mol. The molecule has 0 amide bonds. The Morgan fingerprint density at radius 3 is 1.33 bits per heavy atom. The molecule has 4 nitrogen and oxygen atoms in total. The van der Waals surface area contributed by atoms with Gasteiger partial charge in [0, 0.05) is 25.1 Å². The molecule has 27 heavy (non-hydrogen) atoms. The van der Waals surface area contributed by atoms with Crippen LogP contribution in [0.25, 0.3) is 0 Å². The lowest BCUT2D eigenvalue weighted by molar-refractivity contribution is 0.0153. The molecule has 0 saturated carbocycles. The minimum absolute atomic E-state index is 0.00103. The van der Waals surface area contributed by atoms with E-state index in [-0.39, 0.29) is 6.61 Å². The number of nitrogens with two attached hydrogens (primary N) is 2. The van der Waals surface area contributed by atoms with Crippen LogP contribution in [-0.4, -0.2) is 38.0 Å². The molecule has 0 unspecified atom stereocenters. The minimum atomic E-state index is -0.449. The summed E-state index contributed by atoms with van der Waals surface area (Å²) in [5.74, 6) is 0. The number of hydrogen-bond acceptors (Lipinski definition) is 4. The molecule has 0 spiro atoms. The maximum Gasteiger partial charge on any atom is 0.0568 e. The Morgan fingerprint density at radius 2 is 1.00 bits per heavy atom. The van der Waals surface area contributed by atoms with E-state index in [1.807, 2.05) is 0 Å². The molecule has 0 aliphatic carbocycles. The van der Waals surface area contributed by atoms with Gasteiger partial charge in [-0.25, -0.2) is 0 Å². The molecule has 0 saturated heterocycles. The summed E-state index contributed by atoms with van der Waals surface area (Å²) in [4.78, 5) is 0. The van der Waals surface area contributed by atoms with E-state index in [9.17, 15) is 5.11 Å². The van der Waals surface area contributed by atoms with E-state index < -0.39 is 5.41 Å².